The predicted molar refractivity (Wildman–Crippen MR) is 276 cm³/mol. The number of para-hydroxylation sites is 2. The number of benzene rings is 11. The van der Waals surface area contributed by atoms with Crippen molar-refractivity contribution in [3.8, 4) is 28.3 Å². The summed E-state index contributed by atoms with van der Waals surface area (Å²) in [5, 5.41) is 17.1. The molecule has 0 unspecified atom stereocenters. The molecule has 0 radical (unpaired) electrons. The highest BCUT2D eigenvalue weighted by atomic mass is 15.1. The molecule has 310 valence electrons. The third-order valence-corrected chi connectivity index (χ3v) is 14.0. The normalized spacial score (nSPS) is 12.6. The van der Waals surface area contributed by atoms with Crippen LogP contribution in [0.2, 0.25) is 0 Å². The Morgan fingerprint density at radius 3 is 1.64 bits per heavy atom. The van der Waals surface area contributed by atoms with Crippen LogP contribution in [-0.4, -0.2) is 0 Å². The molecular formula is C63H38N4. The fourth-order valence-corrected chi connectivity index (χ4v) is 11.3. The van der Waals surface area contributed by atoms with Crippen LogP contribution in [0.1, 0.15) is 27.8 Å². The molecular weight excluding hydrogens is 813 g/mol. The SMILES string of the molecule is [C-]#[N+]c1cccc(N(c2ccccc2)c2ccc3cc4c(cc3c2)C2(c3ccccc3-c3ccccc32)c2c-4c3ccccc3c3cc(N(c4ccccc4)c4cccc(C#N)c4)ccc23)c1. The van der Waals surface area contributed by atoms with E-state index in [-0.39, 0.29) is 0 Å². The van der Waals surface area contributed by atoms with E-state index in [0.29, 0.717) is 11.3 Å². The van der Waals surface area contributed by atoms with E-state index >= 15 is 0 Å². The molecule has 67 heavy (non-hydrogen) atoms. The molecule has 13 rings (SSSR count). The van der Waals surface area contributed by atoms with Crippen molar-refractivity contribution in [2.75, 3.05) is 9.80 Å². The molecule has 1 spiro atoms. The lowest BCUT2D eigenvalue weighted by atomic mass is 9.69. The zero-order valence-corrected chi connectivity index (χ0v) is 36.2. The van der Waals surface area contributed by atoms with Crippen molar-refractivity contribution in [3.05, 3.63) is 270 Å². The summed E-state index contributed by atoms with van der Waals surface area (Å²) < 4.78 is 0. The van der Waals surface area contributed by atoms with Gasteiger partial charge in [-0.3, -0.25) is 0 Å². The van der Waals surface area contributed by atoms with Gasteiger partial charge in [0.2, 0.25) is 0 Å². The molecule has 4 heteroatoms. The topological polar surface area (TPSA) is 34.6 Å². The molecule has 0 heterocycles. The maximum Gasteiger partial charge on any atom is 0.189 e. The molecule has 0 N–H and O–H groups in total. The summed E-state index contributed by atoms with van der Waals surface area (Å²) in [6.45, 7) is 7.82. The van der Waals surface area contributed by atoms with Gasteiger partial charge in [0.25, 0.3) is 0 Å². The van der Waals surface area contributed by atoms with Crippen LogP contribution in [0.5, 0.6) is 0 Å². The van der Waals surface area contributed by atoms with Crippen LogP contribution < -0.4 is 9.80 Å². The van der Waals surface area contributed by atoms with Gasteiger partial charge in [-0.25, -0.2) is 4.85 Å². The fourth-order valence-electron chi connectivity index (χ4n) is 11.3. The number of anilines is 6. The van der Waals surface area contributed by atoms with Gasteiger partial charge in [0.05, 0.1) is 23.6 Å². The Balaban J connectivity index is 1.11. The molecule has 0 fully saturated rings. The molecule has 11 aromatic rings. The first-order valence-electron chi connectivity index (χ1n) is 22.6. The van der Waals surface area contributed by atoms with Crippen LogP contribution in [0, 0.1) is 17.9 Å². The van der Waals surface area contributed by atoms with Crippen molar-refractivity contribution in [1.29, 1.82) is 5.26 Å². The third kappa shape index (κ3) is 5.64. The van der Waals surface area contributed by atoms with Crippen LogP contribution in [0.3, 0.4) is 0 Å². The van der Waals surface area contributed by atoms with E-state index in [9.17, 15) is 5.26 Å². The average Bonchev–Trinajstić information content (AvgIpc) is 3.86. The van der Waals surface area contributed by atoms with E-state index in [1.807, 2.05) is 48.5 Å². The second-order valence-electron chi connectivity index (χ2n) is 17.4. The van der Waals surface area contributed by atoms with Crippen molar-refractivity contribution in [1.82, 2.24) is 0 Å². The summed E-state index contributed by atoms with van der Waals surface area (Å²) in [6, 6.07) is 84.6. The van der Waals surface area contributed by atoms with Crippen LogP contribution in [0.4, 0.5) is 39.8 Å². The zero-order valence-electron chi connectivity index (χ0n) is 36.2. The van der Waals surface area contributed by atoms with Gasteiger partial charge >= 0.3 is 0 Å². The van der Waals surface area contributed by atoms with E-state index < -0.39 is 5.41 Å². The van der Waals surface area contributed by atoms with Crippen molar-refractivity contribution in [2.45, 2.75) is 5.41 Å². The van der Waals surface area contributed by atoms with Crippen molar-refractivity contribution in [3.63, 3.8) is 0 Å². The number of nitrogens with zero attached hydrogens (tertiary/aromatic N) is 4. The zero-order chi connectivity index (χ0) is 44.6. The summed E-state index contributed by atoms with van der Waals surface area (Å²) in [5.41, 5.74) is 16.7. The minimum absolute atomic E-state index is 0.600. The van der Waals surface area contributed by atoms with E-state index in [0.717, 1.165) is 44.9 Å². The lowest BCUT2D eigenvalue weighted by Gasteiger charge is -2.32. The molecule has 2 aliphatic rings. The van der Waals surface area contributed by atoms with Gasteiger partial charge < -0.3 is 9.80 Å². The number of nitriles is 1. The van der Waals surface area contributed by atoms with E-state index in [2.05, 4.69) is 203 Å². The maximum absolute atomic E-state index is 9.98. The molecule has 2 aliphatic carbocycles. The first-order chi connectivity index (χ1) is 33.1. The van der Waals surface area contributed by atoms with Crippen molar-refractivity contribution >= 4 is 72.1 Å². The number of hydrogen-bond donors (Lipinski definition) is 0. The monoisotopic (exact) mass is 850 g/mol. The number of hydrogen-bond acceptors (Lipinski definition) is 3. The van der Waals surface area contributed by atoms with Gasteiger partial charge in [0, 0.05) is 34.1 Å². The van der Waals surface area contributed by atoms with Gasteiger partial charge in [-0.15, -0.1) is 0 Å². The van der Waals surface area contributed by atoms with E-state index in [1.165, 1.54) is 66.1 Å². The summed E-state index contributed by atoms with van der Waals surface area (Å²) in [6.07, 6.45) is 0. The van der Waals surface area contributed by atoms with E-state index in [4.69, 9.17) is 6.57 Å². The Morgan fingerprint density at radius 1 is 0.388 bits per heavy atom. The maximum atomic E-state index is 9.98. The number of rotatable bonds is 6. The van der Waals surface area contributed by atoms with Crippen LogP contribution in [0.25, 0.3) is 59.4 Å². The first-order valence-corrected chi connectivity index (χ1v) is 22.6. The molecule has 0 bridgehead atoms. The third-order valence-electron chi connectivity index (χ3n) is 14.0. The van der Waals surface area contributed by atoms with Gasteiger partial charge in [-0.1, -0.05) is 140 Å². The van der Waals surface area contributed by atoms with Crippen LogP contribution in [0.15, 0.2) is 231 Å². The van der Waals surface area contributed by atoms with Gasteiger partial charge in [0.15, 0.2) is 5.69 Å². The molecule has 0 saturated carbocycles. The molecule has 11 aromatic carbocycles. The minimum Gasteiger partial charge on any atom is -0.312 e. The van der Waals surface area contributed by atoms with Gasteiger partial charge in [-0.2, -0.15) is 5.26 Å². The average molecular weight is 851 g/mol. The second kappa shape index (κ2) is 14.9. The Bertz CT molecular complexity index is 3870. The Hall–Kier alpha value is -9.22. The van der Waals surface area contributed by atoms with Crippen LogP contribution in [-0.2, 0) is 5.41 Å². The molecule has 0 atom stereocenters. The van der Waals surface area contributed by atoms with Gasteiger partial charge in [-0.05, 0) is 168 Å². The molecule has 4 nitrogen and oxygen atoms in total. The van der Waals surface area contributed by atoms with Crippen molar-refractivity contribution < 1.29 is 0 Å². The van der Waals surface area contributed by atoms with E-state index in [1.54, 1.807) is 0 Å². The molecule has 0 saturated heterocycles. The summed E-state index contributed by atoms with van der Waals surface area (Å²) in [5.74, 6) is 0. The Kier molecular flexibility index (Phi) is 8.52. The Morgan fingerprint density at radius 2 is 0.955 bits per heavy atom. The van der Waals surface area contributed by atoms with Gasteiger partial charge in [0.1, 0.15) is 0 Å². The summed E-state index contributed by atoms with van der Waals surface area (Å²) >= 11 is 0. The standard InChI is InChI=1S/C63H38N4/c1-65-44-17-15-23-48(38-44)67(46-20-6-3-7-21-46)49-31-30-42-36-57-60(37-43(42)35-49)63(58-28-12-10-25-52(58)53-26-11-13-29-59(53)63)62-55-33-32-50(39-56(55)51-24-8-9-27-54(51)61(57)62)66(45-18-4-2-5-19-45)47-22-14-16-41(34-47)40-64/h2-39H. The highest BCUT2D eigenvalue weighted by molar-refractivity contribution is 6.21. The Labute approximate surface area is 388 Å². The lowest BCUT2D eigenvalue weighted by molar-refractivity contribution is 0.803. The lowest BCUT2D eigenvalue weighted by Crippen LogP contribution is -2.26. The highest BCUT2D eigenvalue weighted by Crippen LogP contribution is 2.66. The first kappa shape index (κ1) is 38.3. The second-order valence-corrected chi connectivity index (χ2v) is 17.4. The fraction of sp³-hybridized carbons (Fsp3) is 0.0159. The summed E-state index contributed by atoms with van der Waals surface area (Å²) in [7, 11) is 0. The molecule has 0 aromatic heterocycles. The number of fused-ring (bicyclic) bond motifs is 16. The highest BCUT2D eigenvalue weighted by Gasteiger charge is 2.53. The van der Waals surface area contributed by atoms with Crippen LogP contribution >= 0.6 is 0 Å². The quantitative estimate of drug-likeness (QED) is 0.123. The largest absolute Gasteiger partial charge is 0.312 e. The minimum atomic E-state index is -0.630. The van der Waals surface area contributed by atoms with Crippen molar-refractivity contribution in [2.24, 2.45) is 0 Å². The summed E-state index contributed by atoms with van der Waals surface area (Å²) in [4.78, 5) is 8.30. The molecule has 0 amide bonds. The predicted octanol–water partition coefficient (Wildman–Crippen LogP) is 16.9. The molecule has 0 aliphatic heterocycles. The smallest absolute Gasteiger partial charge is 0.189 e.